The molecule has 19 heavy (non-hydrogen) atoms. The molecule has 100 valence electrons. The number of hydrogen-bond donors (Lipinski definition) is 0. The van der Waals surface area contributed by atoms with Gasteiger partial charge in [0.1, 0.15) is 0 Å². The number of pyridine rings is 1. The molecule has 0 N–H and O–H groups in total. The van der Waals surface area contributed by atoms with Crippen LogP contribution in [-0.2, 0) is 6.54 Å². The predicted octanol–water partition coefficient (Wildman–Crippen LogP) is 3.42. The molecule has 4 nitrogen and oxygen atoms in total. The Hall–Kier alpha value is -1.62. The van der Waals surface area contributed by atoms with E-state index in [1.807, 2.05) is 25.3 Å². The van der Waals surface area contributed by atoms with Crippen LogP contribution in [-0.4, -0.2) is 25.0 Å². The Morgan fingerprint density at radius 2 is 2.21 bits per heavy atom. The van der Waals surface area contributed by atoms with E-state index < -0.39 is 0 Å². The number of nitrogens with zero attached hydrogens (tertiary/aromatic N) is 4. The van der Waals surface area contributed by atoms with Crippen LogP contribution < -0.4 is 0 Å². The summed E-state index contributed by atoms with van der Waals surface area (Å²) in [4.78, 5) is 4.14. The van der Waals surface area contributed by atoms with Crippen molar-refractivity contribution in [3.8, 4) is 11.4 Å². The van der Waals surface area contributed by atoms with Gasteiger partial charge in [-0.05, 0) is 19.1 Å². The average molecular weight is 274 g/mol. The van der Waals surface area contributed by atoms with E-state index in [0.717, 1.165) is 28.7 Å². The lowest BCUT2D eigenvalue weighted by molar-refractivity contribution is 0.704. The summed E-state index contributed by atoms with van der Waals surface area (Å²) in [5, 5.41) is 9.99. The Balaban J connectivity index is 2.43. The lowest BCUT2D eigenvalue weighted by atomic mass is 10.2. The van der Waals surface area contributed by atoms with Gasteiger partial charge in [-0.3, -0.25) is 9.55 Å². The second kappa shape index (κ2) is 6.02. The summed E-state index contributed by atoms with van der Waals surface area (Å²) in [6, 6.07) is 3.90. The molecule has 0 aliphatic rings. The molecule has 0 radical (unpaired) electrons. The van der Waals surface area contributed by atoms with E-state index in [4.69, 9.17) is 0 Å². The van der Waals surface area contributed by atoms with Gasteiger partial charge in [-0.1, -0.05) is 37.8 Å². The number of allylic oxidation sites excluding steroid dienone is 1. The van der Waals surface area contributed by atoms with E-state index in [-0.39, 0.29) is 0 Å². The van der Waals surface area contributed by atoms with Gasteiger partial charge in [-0.2, -0.15) is 0 Å². The first-order chi connectivity index (χ1) is 9.08. The first-order valence-electron chi connectivity index (χ1n) is 6.22. The average Bonchev–Trinajstić information content (AvgIpc) is 2.72. The maximum Gasteiger partial charge on any atom is 0.192 e. The van der Waals surface area contributed by atoms with E-state index in [2.05, 4.69) is 40.2 Å². The monoisotopic (exact) mass is 274 g/mol. The van der Waals surface area contributed by atoms with Crippen molar-refractivity contribution in [2.45, 2.75) is 37.7 Å². The Bertz CT molecular complexity index is 560. The van der Waals surface area contributed by atoms with Crippen molar-refractivity contribution in [3.05, 3.63) is 36.7 Å². The fraction of sp³-hybridized carbons (Fsp3) is 0.357. The van der Waals surface area contributed by atoms with Crippen LogP contribution in [0.15, 0.2) is 41.8 Å². The zero-order valence-electron chi connectivity index (χ0n) is 11.5. The predicted molar refractivity (Wildman–Crippen MR) is 79.1 cm³/mol. The van der Waals surface area contributed by atoms with Gasteiger partial charge < -0.3 is 0 Å². The Morgan fingerprint density at radius 1 is 1.42 bits per heavy atom. The highest BCUT2D eigenvalue weighted by atomic mass is 32.2. The van der Waals surface area contributed by atoms with E-state index >= 15 is 0 Å². The third kappa shape index (κ3) is 3.44. The molecule has 2 heterocycles. The van der Waals surface area contributed by atoms with Crippen LogP contribution >= 0.6 is 11.8 Å². The summed E-state index contributed by atoms with van der Waals surface area (Å²) in [6.45, 7) is 11.0. The van der Waals surface area contributed by atoms with Crippen molar-refractivity contribution < 1.29 is 0 Å². The minimum absolute atomic E-state index is 0.467. The van der Waals surface area contributed by atoms with Crippen LogP contribution in [0.5, 0.6) is 0 Å². The van der Waals surface area contributed by atoms with E-state index in [1.54, 1.807) is 18.0 Å². The van der Waals surface area contributed by atoms with Gasteiger partial charge in [0.25, 0.3) is 0 Å². The maximum atomic E-state index is 4.30. The van der Waals surface area contributed by atoms with Gasteiger partial charge in [-0.15, -0.1) is 10.2 Å². The zero-order chi connectivity index (χ0) is 13.8. The van der Waals surface area contributed by atoms with Crippen molar-refractivity contribution in [1.82, 2.24) is 19.7 Å². The summed E-state index contributed by atoms with van der Waals surface area (Å²) < 4.78 is 2.10. The van der Waals surface area contributed by atoms with Gasteiger partial charge in [-0.25, -0.2) is 0 Å². The number of hydrogen-bond acceptors (Lipinski definition) is 4. The Labute approximate surface area is 118 Å². The van der Waals surface area contributed by atoms with Gasteiger partial charge in [0.15, 0.2) is 11.0 Å². The molecule has 0 amide bonds. The maximum absolute atomic E-state index is 4.30. The molecule has 2 aromatic heterocycles. The van der Waals surface area contributed by atoms with Crippen LogP contribution in [0.1, 0.15) is 20.8 Å². The fourth-order valence-electron chi connectivity index (χ4n) is 1.71. The van der Waals surface area contributed by atoms with Crippen LogP contribution in [0.3, 0.4) is 0 Å². The van der Waals surface area contributed by atoms with Gasteiger partial charge in [0, 0.05) is 29.8 Å². The summed E-state index contributed by atoms with van der Waals surface area (Å²) in [5.41, 5.74) is 2.06. The molecule has 0 bridgehead atoms. The lowest BCUT2D eigenvalue weighted by Crippen LogP contribution is -2.04. The molecule has 2 aromatic rings. The SMILES string of the molecule is C=C(C)Cn1c(SC(C)C)nnc1-c1cccnc1. The number of aromatic nitrogens is 4. The minimum Gasteiger partial charge on any atom is -0.298 e. The lowest BCUT2D eigenvalue weighted by Gasteiger charge is -2.10. The smallest absolute Gasteiger partial charge is 0.192 e. The standard InChI is InChI=1S/C14H18N4S/c1-10(2)9-18-13(12-6-5-7-15-8-12)16-17-14(18)19-11(3)4/h5-8,11H,1,9H2,2-4H3. The molecule has 0 saturated carbocycles. The first-order valence-corrected chi connectivity index (χ1v) is 7.10. The third-order valence-corrected chi connectivity index (χ3v) is 3.39. The fourth-order valence-corrected chi connectivity index (χ4v) is 2.50. The van der Waals surface area contributed by atoms with E-state index in [1.165, 1.54) is 0 Å². The molecule has 0 aromatic carbocycles. The number of thioether (sulfide) groups is 1. The van der Waals surface area contributed by atoms with Crippen molar-refractivity contribution >= 4 is 11.8 Å². The van der Waals surface area contributed by atoms with E-state index in [9.17, 15) is 0 Å². The van der Waals surface area contributed by atoms with E-state index in [0.29, 0.717) is 5.25 Å². The van der Waals surface area contributed by atoms with Crippen molar-refractivity contribution in [3.63, 3.8) is 0 Å². The second-order valence-electron chi connectivity index (χ2n) is 4.76. The minimum atomic E-state index is 0.467. The van der Waals surface area contributed by atoms with Crippen molar-refractivity contribution in [2.75, 3.05) is 0 Å². The quantitative estimate of drug-likeness (QED) is 0.619. The molecule has 0 aliphatic heterocycles. The molecule has 5 heteroatoms. The summed E-state index contributed by atoms with van der Waals surface area (Å²) in [7, 11) is 0. The molecule has 0 unspecified atom stereocenters. The summed E-state index contributed by atoms with van der Waals surface area (Å²) in [5.74, 6) is 0.847. The van der Waals surface area contributed by atoms with Crippen molar-refractivity contribution in [2.24, 2.45) is 0 Å². The zero-order valence-corrected chi connectivity index (χ0v) is 12.3. The molecular formula is C14H18N4S. The highest BCUT2D eigenvalue weighted by Gasteiger charge is 2.15. The molecule has 0 fully saturated rings. The van der Waals surface area contributed by atoms with Crippen LogP contribution in [0.4, 0.5) is 0 Å². The first kappa shape index (κ1) is 13.8. The summed E-state index contributed by atoms with van der Waals surface area (Å²) >= 11 is 1.71. The third-order valence-electron chi connectivity index (χ3n) is 2.41. The Kier molecular flexibility index (Phi) is 4.37. The largest absolute Gasteiger partial charge is 0.298 e. The van der Waals surface area contributed by atoms with Crippen molar-refractivity contribution in [1.29, 1.82) is 0 Å². The van der Waals surface area contributed by atoms with Crippen LogP contribution in [0, 0.1) is 0 Å². The van der Waals surface area contributed by atoms with Gasteiger partial charge >= 0.3 is 0 Å². The molecule has 2 rings (SSSR count). The van der Waals surface area contributed by atoms with Crippen LogP contribution in [0.2, 0.25) is 0 Å². The molecule has 0 spiro atoms. The summed E-state index contributed by atoms with van der Waals surface area (Å²) in [6.07, 6.45) is 3.56. The van der Waals surface area contributed by atoms with Gasteiger partial charge in [0.05, 0.1) is 0 Å². The highest BCUT2D eigenvalue weighted by Crippen LogP contribution is 2.26. The Morgan fingerprint density at radius 3 is 2.79 bits per heavy atom. The molecule has 0 atom stereocenters. The highest BCUT2D eigenvalue weighted by molar-refractivity contribution is 7.99. The molecule has 0 saturated heterocycles. The second-order valence-corrected chi connectivity index (χ2v) is 6.30. The van der Waals surface area contributed by atoms with Crippen LogP contribution in [0.25, 0.3) is 11.4 Å². The normalized spacial score (nSPS) is 10.9. The molecular weight excluding hydrogens is 256 g/mol. The topological polar surface area (TPSA) is 43.6 Å². The molecule has 0 aliphatic carbocycles. The van der Waals surface area contributed by atoms with Gasteiger partial charge in [0.2, 0.25) is 0 Å². The number of rotatable bonds is 5.